The van der Waals surface area contributed by atoms with E-state index in [2.05, 4.69) is 6.07 Å². The number of amides is 1. The predicted molar refractivity (Wildman–Crippen MR) is 86.7 cm³/mol. The van der Waals surface area contributed by atoms with Gasteiger partial charge in [-0.15, -0.1) is 0 Å². The molecule has 1 aromatic carbocycles. The van der Waals surface area contributed by atoms with E-state index in [1.54, 1.807) is 14.2 Å². The fourth-order valence-electron chi connectivity index (χ4n) is 3.70. The van der Waals surface area contributed by atoms with Crippen molar-refractivity contribution in [3.05, 3.63) is 29.8 Å². The van der Waals surface area contributed by atoms with Crippen LogP contribution in [0, 0.1) is 0 Å². The fourth-order valence-corrected chi connectivity index (χ4v) is 3.70. The maximum Gasteiger partial charge on any atom is 0.255 e. The molecule has 1 amide bonds. The van der Waals surface area contributed by atoms with Crippen LogP contribution in [-0.4, -0.2) is 56.9 Å². The van der Waals surface area contributed by atoms with Gasteiger partial charge >= 0.3 is 0 Å². The second-order valence-electron chi connectivity index (χ2n) is 6.29. The molecule has 5 heteroatoms. The zero-order chi connectivity index (χ0) is 16.3. The van der Waals surface area contributed by atoms with Crippen LogP contribution in [0.5, 0.6) is 5.75 Å². The topological polar surface area (TPSA) is 48.0 Å². The number of ether oxygens (including phenoxy) is 3. The molecule has 2 fully saturated rings. The van der Waals surface area contributed by atoms with E-state index in [4.69, 9.17) is 14.2 Å². The highest BCUT2D eigenvalue weighted by Crippen LogP contribution is 2.36. The van der Waals surface area contributed by atoms with E-state index in [1.165, 1.54) is 5.56 Å². The van der Waals surface area contributed by atoms with Crippen LogP contribution in [0.3, 0.4) is 0 Å². The first-order chi connectivity index (χ1) is 11.2. The van der Waals surface area contributed by atoms with Crippen LogP contribution in [0.1, 0.15) is 30.7 Å². The Bertz CT molecular complexity index is 554. The van der Waals surface area contributed by atoms with Crippen molar-refractivity contribution in [2.24, 2.45) is 0 Å². The van der Waals surface area contributed by atoms with E-state index in [0.717, 1.165) is 25.3 Å². The van der Waals surface area contributed by atoms with Crippen molar-refractivity contribution >= 4 is 5.91 Å². The van der Waals surface area contributed by atoms with Crippen molar-refractivity contribution < 1.29 is 19.0 Å². The lowest BCUT2D eigenvalue weighted by Crippen LogP contribution is -2.52. The molecule has 0 aliphatic carbocycles. The summed E-state index contributed by atoms with van der Waals surface area (Å²) in [4.78, 5) is 14.9. The molecule has 3 rings (SSSR count). The van der Waals surface area contributed by atoms with Crippen LogP contribution < -0.4 is 4.74 Å². The van der Waals surface area contributed by atoms with Gasteiger partial charge in [-0.3, -0.25) is 4.79 Å². The number of nitrogens with zero attached hydrogens (tertiary/aromatic N) is 1. The largest absolute Gasteiger partial charge is 0.496 e. The van der Waals surface area contributed by atoms with Gasteiger partial charge in [0.2, 0.25) is 0 Å². The van der Waals surface area contributed by atoms with Crippen molar-refractivity contribution in [2.75, 3.05) is 40.5 Å². The Labute approximate surface area is 137 Å². The molecule has 0 saturated carbocycles. The third-order valence-corrected chi connectivity index (χ3v) is 5.14. The van der Waals surface area contributed by atoms with Crippen LogP contribution >= 0.6 is 0 Å². The minimum Gasteiger partial charge on any atom is -0.496 e. The Kier molecular flexibility index (Phi) is 4.87. The third kappa shape index (κ3) is 3.08. The summed E-state index contributed by atoms with van der Waals surface area (Å²) in [7, 11) is 3.33. The highest BCUT2D eigenvalue weighted by Gasteiger charge is 2.44. The van der Waals surface area contributed by atoms with Crippen molar-refractivity contribution in [1.82, 2.24) is 4.90 Å². The molecule has 1 unspecified atom stereocenters. The molecule has 126 valence electrons. The first-order valence-electron chi connectivity index (χ1n) is 8.25. The predicted octanol–water partition coefficient (Wildman–Crippen LogP) is 2.21. The van der Waals surface area contributed by atoms with Gasteiger partial charge in [-0.2, -0.15) is 0 Å². The van der Waals surface area contributed by atoms with Crippen LogP contribution in [-0.2, 0) is 14.3 Å². The number of hydrogen-bond acceptors (Lipinski definition) is 4. The summed E-state index contributed by atoms with van der Waals surface area (Å²) in [5.74, 6) is 1.34. The van der Waals surface area contributed by atoms with E-state index in [1.807, 2.05) is 23.1 Å². The Morgan fingerprint density at radius 1 is 1.26 bits per heavy atom. The highest BCUT2D eigenvalue weighted by atomic mass is 16.5. The third-order valence-electron chi connectivity index (χ3n) is 5.14. The maximum atomic E-state index is 13.0. The quantitative estimate of drug-likeness (QED) is 0.854. The van der Waals surface area contributed by atoms with Gasteiger partial charge in [-0.25, -0.2) is 0 Å². The van der Waals surface area contributed by atoms with Crippen LogP contribution in [0.25, 0.3) is 0 Å². The number of carbonyl (C=O) groups is 1. The molecule has 23 heavy (non-hydrogen) atoms. The first kappa shape index (κ1) is 16.3. The van der Waals surface area contributed by atoms with Crippen molar-refractivity contribution in [3.8, 4) is 5.75 Å². The summed E-state index contributed by atoms with van der Waals surface area (Å²) in [6.45, 7) is 2.67. The number of likely N-dealkylation sites (tertiary alicyclic amines) is 1. The molecule has 1 aromatic rings. The number of methoxy groups -OCH3 is 2. The molecule has 2 aliphatic heterocycles. The number of benzene rings is 1. The van der Waals surface area contributed by atoms with Gasteiger partial charge in [0.05, 0.1) is 7.11 Å². The summed E-state index contributed by atoms with van der Waals surface area (Å²) in [6, 6.07) is 8.08. The Morgan fingerprint density at radius 2 is 2.00 bits per heavy atom. The lowest BCUT2D eigenvalue weighted by atomic mass is 9.92. The van der Waals surface area contributed by atoms with Crippen LogP contribution in [0.4, 0.5) is 0 Å². The second kappa shape index (κ2) is 6.89. The van der Waals surface area contributed by atoms with Crippen LogP contribution in [0.2, 0.25) is 0 Å². The van der Waals surface area contributed by atoms with Crippen LogP contribution in [0.15, 0.2) is 24.3 Å². The summed E-state index contributed by atoms with van der Waals surface area (Å²) >= 11 is 0. The molecule has 5 nitrogen and oxygen atoms in total. The fraction of sp³-hybridized carbons (Fsp3) is 0.611. The first-order valence-corrected chi connectivity index (χ1v) is 8.25. The van der Waals surface area contributed by atoms with E-state index in [-0.39, 0.29) is 5.91 Å². The van der Waals surface area contributed by atoms with Gasteiger partial charge in [0.25, 0.3) is 5.91 Å². The van der Waals surface area contributed by atoms with Gasteiger partial charge in [0.15, 0.2) is 5.60 Å². The van der Waals surface area contributed by atoms with E-state index in [0.29, 0.717) is 32.0 Å². The van der Waals surface area contributed by atoms with Crippen molar-refractivity contribution in [2.45, 2.75) is 30.8 Å². The summed E-state index contributed by atoms with van der Waals surface area (Å²) in [5, 5.41) is 0. The summed E-state index contributed by atoms with van der Waals surface area (Å²) in [5.41, 5.74) is 0.484. The molecule has 2 aliphatic rings. The summed E-state index contributed by atoms with van der Waals surface area (Å²) in [6.07, 6.45) is 2.23. The zero-order valence-electron chi connectivity index (χ0n) is 13.9. The van der Waals surface area contributed by atoms with Crippen molar-refractivity contribution in [3.63, 3.8) is 0 Å². The van der Waals surface area contributed by atoms with Gasteiger partial charge in [0.1, 0.15) is 5.75 Å². The maximum absolute atomic E-state index is 13.0. The minimum absolute atomic E-state index is 0.112. The van der Waals surface area contributed by atoms with Gasteiger partial charge in [0, 0.05) is 52.2 Å². The lowest BCUT2D eigenvalue weighted by Gasteiger charge is -2.37. The smallest absolute Gasteiger partial charge is 0.255 e. The molecule has 0 aromatic heterocycles. The number of hydrogen-bond donors (Lipinski definition) is 0. The molecule has 0 N–H and O–H groups in total. The average molecular weight is 319 g/mol. The monoisotopic (exact) mass is 319 g/mol. The highest BCUT2D eigenvalue weighted by molar-refractivity contribution is 5.85. The van der Waals surface area contributed by atoms with E-state index < -0.39 is 5.60 Å². The van der Waals surface area contributed by atoms with Gasteiger partial charge in [-0.1, -0.05) is 18.2 Å². The Hall–Kier alpha value is -1.59. The average Bonchev–Trinajstić information content (AvgIpc) is 3.11. The standard InChI is InChI=1S/C18H25NO4/c1-21-16-6-4-3-5-15(16)14-7-10-19(13-14)17(20)18(22-2)8-11-23-12-9-18/h3-6,14H,7-13H2,1-2H3. The van der Waals surface area contributed by atoms with Gasteiger partial charge < -0.3 is 19.1 Å². The molecule has 2 heterocycles. The molecular weight excluding hydrogens is 294 g/mol. The Morgan fingerprint density at radius 3 is 2.70 bits per heavy atom. The minimum atomic E-state index is -0.700. The zero-order valence-corrected chi connectivity index (χ0v) is 13.9. The second-order valence-corrected chi connectivity index (χ2v) is 6.29. The normalized spacial score (nSPS) is 23.7. The number of carbonyl (C=O) groups excluding carboxylic acids is 1. The molecule has 0 radical (unpaired) electrons. The summed E-state index contributed by atoms with van der Waals surface area (Å²) < 4.78 is 16.5. The van der Waals surface area contributed by atoms with E-state index >= 15 is 0 Å². The molecule has 2 saturated heterocycles. The number of para-hydroxylation sites is 1. The molecule has 0 spiro atoms. The SMILES string of the molecule is COc1ccccc1C1CCN(C(=O)C2(OC)CCOCC2)C1. The lowest BCUT2D eigenvalue weighted by molar-refractivity contribution is -0.165. The molecule has 1 atom stereocenters. The molecule has 0 bridgehead atoms. The van der Waals surface area contributed by atoms with Crippen molar-refractivity contribution in [1.29, 1.82) is 0 Å². The number of rotatable bonds is 4. The van der Waals surface area contributed by atoms with E-state index in [9.17, 15) is 4.79 Å². The molecular formula is C18H25NO4. The van der Waals surface area contributed by atoms with Gasteiger partial charge in [-0.05, 0) is 18.1 Å². The Balaban J connectivity index is 1.73.